The Kier molecular flexibility index (Phi) is 5.13. The Bertz CT molecular complexity index is 1190. The Hall–Kier alpha value is -2.60. The minimum Gasteiger partial charge on any atom is -0.486 e. The van der Waals surface area contributed by atoms with Gasteiger partial charge in [-0.15, -0.1) is 0 Å². The first-order valence-electron chi connectivity index (χ1n) is 10.8. The van der Waals surface area contributed by atoms with E-state index in [1.807, 2.05) is 37.3 Å². The van der Waals surface area contributed by atoms with Gasteiger partial charge in [-0.25, -0.2) is 0 Å². The van der Waals surface area contributed by atoms with Crippen molar-refractivity contribution in [3.05, 3.63) is 63.3 Å². The van der Waals surface area contributed by atoms with Crippen molar-refractivity contribution in [2.24, 2.45) is 0 Å². The van der Waals surface area contributed by atoms with Crippen LogP contribution >= 0.6 is 15.9 Å². The number of carbonyl (C=O) groups is 2. The third-order valence-electron chi connectivity index (χ3n) is 6.46. The molecule has 1 fully saturated rings. The summed E-state index contributed by atoms with van der Waals surface area (Å²) in [6.45, 7) is 2.22. The summed E-state index contributed by atoms with van der Waals surface area (Å²) in [5, 5.41) is 3.61. The number of ether oxygens (including phenoxy) is 1. The highest BCUT2D eigenvalue weighted by Gasteiger charge is 2.42. The van der Waals surface area contributed by atoms with Crippen molar-refractivity contribution in [1.29, 1.82) is 0 Å². The zero-order valence-electron chi connectivity index (χ0n) is 17.4. The molecule has 2 aromatic carbocycles. The summed E-state index contributed by atoms with van der Waals surface area (Å²) in [7, 11) is 0. The maximum atomic E-state index is 13.2. The molecule has 1 saturated carbocycles. The van der Waals surface area contributed by atoms with Crippen LogP contribution in [0.2, 0.25) is 0 Å². The maximum Gasteiger partial charge on any atom is 0.287 e. The van der Waals surface area contributed by atoms with Crippen molar-refractivity contribution in [2.45, 2.75) is 57.6 Å². The molecule has 1 N–H and O–H groups in total. The Morgan fingerprint density at radius 2 is 1.97 bits per heavy atom. The zero-order valence-corrected chi connectivity index (χ0v) is 19.0. The molecule has 3 aromatic rings. The van der Waals surface area contributed by atoms with Crippen LogP contribution in [0, 0.1) is 6.92 Å². The lowest BCUT2D eigenvalue weighted by atomic mass is 9.78. The molecule has 0 saturated heterocycles. The van der Waals surface area contributed by atoms with Gasteiger partial charge < -0.3 is 14.5 Å². The largest absolute Gasteiger partial charge is 0.486 e. The molecule has 0 unspecified atom stereocenters. The summed E-state index contributed by atoms with van der Waals surface area (Å²) in [6.07, 6.45) is 5.63. The molecule has 1 aromatic heterocycles. The third-order valence-corrected chi connectivity index (χ3v) is 6.95. The van der Waals surface area contributed by atoms with Gasteiger partial charge in [-0.05, 0) is 62.4 Å². The molecule has 1 amide bonds. The van der Waals surface area contributed by atoms with Crippen molar-refractivity contribution in [3.8, 4) is 5.75 Å². The number of hydrogen-bond donors (Lipinski definition) is 1. The quantitative estimate of drug-likeness (QED) is 0.490. The van der Waals surface area contributed by atoms with Crippen LogP contribution in [0.3, 0.4) is 0 Å². The molecule has 5 rings (SSSR count). The molecule has 2 aliphatic rings. The van der Waals surface area contributed by atoms with Gasteiger partial charge in [0.2, 0.25) is 0 Å². The first-order valence-corrected chi connectivity index (χ1v) is 11.6. The van der Waals surface area contributed by atoms with Gasteiger partial charge in [0.1, 0.15) is 16.9 Å². The first-order chi connectivity index (χ1) is 15.0. The molecule has 0 radical (unpaired) electrons. The van der Waals surface area contributed by atoms with Crippen molar-refractivity contribution in [3.63, 3.8) is 0 Å². The Morgan fingerprint density at radius 3 is 2.74 bits per heavy atom. The fraction of sp³-hybridized carbons (Fsp3) is 0.360. The van der Waals surface area contributed by atoms with E-state index in [4.69, 9.17) is 9.15 Å². The van der Waals surface area contributed by atoms with Gasteiger partial charge in [0, 0.05) is 22.0 Å². The molecule has 160 valence electrons. The number of carbonyl (C=O) groups excluding carboxylic acids is 2. The standard InChI is InChI=1S/C25H24BrNO4/c1-15-21-19(30-23(15)24(29)27-14-16-6-5-7-17(26)12-16)8-9-20-22(21)18(28)13-25(31-20)10-3-2-4-11-25/h5-9,12H,2-4,10-11,13-14H2,1H3,(H,27,29). The van der Waals surface area contributed by atoms with E-state index in [9.17, 15) is 9.59 Å². The number of hydrogen-bond acceptors (Lipinski definition) is 4. The number of halogens is 1. The summed E-state index contributed by atoms with van der Waals surface area (Å²) in [4.78, 5) is 26.1. The smallest absolute Gasteiger partial charge is 0.287 e. The minimum atomic E-state index is -0.363. The predicted octanol–water partition coefficient (Wildman–Crippen LogP) is 6.10. The lowest BCUT2D eigenvalue weighted by Crippen LogP contribution is -2.43. The van der Waals surface area contributed by atoms with Crippen molar-refractivity contribution >= 4 is 38.6 Å². The number of Topliss-reactive ketones (excluding diaryl/α,β-unsaturated/α-hetero) is 1. The number of rotatable bonds is 3. The Labute approximate surface area is 189 Å². The van der Waals surface area contributed by atoms with E-state index in [1.165, 1.54) is 6.42 Å². The molecule has 2 heterocycles. The number of ketones is 1. The number of aryl methyl sites for hydroxylation is 1. The molecule has 0 bridgehead atoms. The number of fused-ring (bicyclic) bond motifs is 3. The van der Waals surface area contributed by atoms with Crippen LogP contribution < -0.4 is 10.1 Å². The van der Waals surface area contributed by atoms with E-state index >= 15 is 0 Å². The molecular weight excluding hydrogens is 458 g/mol. The van der Waals surface area contributed by atoms with Crippen LogP contribution in [0.25, 0.3) is 11.0 Å². The third kappa shape index (κ3) is 3.67. The van der Waals surface area contributed by atoms with Gasteiger partial charge in [-0.3, -0.25) is 9.59 Å². The number of benzene rings is 2. The van der Waals surface area contributed by atoms with Gasteiger partial charge >= 0.3 is 0 Å². The van der Waals surface area contributed by atoms with Gasteiger partial charge in [0.15, 0.2) is 11.5 Å². The van der Waals surface area contributed by atoms with Crippen molar-refractivity contribution in [1.82, 2.24) is 5.32 Å². The second kappa shape index (κ2) is 7.83. The predicted molar refractivity (Wildman–Crippen MR) is 122 cm³/mol. The molecule has 5 nitrogen and oxygen atoms in total. The Morgan fingerprint density at radius 1 is 1.16 bits per heavy atom. The second-order valence-electron chi connectivity index (χ2n) is 8.63. The monoisotopic (exact) mass is 481 g/mol. The highest BCUT2D eigenvalue weighted by atomic mass is 79.9. The lowest BCUT2D eigenvalue weighted by Gasteiger charge is -2.40. The summed E-state index contributed by atoms with van der Waals surface area (Å²) < 4.78 is 13.3. The maximum absolute atomic E-state index is 13.2. The van der Waals surface area contributed by atoms with Crippen LogP contribution in [0.4, 0.5) is 0 Å². The minimum absolute atomic E-state index is 0.0822. The van der Waals surface area contributed by atoms with Gasteiger partial charge in [-0.1, -0.05) is 34.5 Å². The fourth-order valence-corrected chi connectivity index (χ4v) is 5.38. The summed E-state index contributed by atoms with van der Waals surface area (Å²) in [5.41, 5.74) is 2.39. The average Bonchev–Trinajstić information content (AvgIpc) is 3.09. The Balaban J connectivity index is 1.46. The van der Waals surface area contributed by atoms with Crippen LogP contribution in [0.1, 0.15) is 70.6 Å². The number of furan rings is 1. The highest BCUT2D eigenvalue weighted by molar-refractivity contribution is 9.10. The molecule has 31 heavy (non-hydrogen) atoms. The molecule has 1 spiro atoms. The van der Waals surface area contributed by atoms with Crippen molar-refractivity contribution in [2.75, 3.05) is 0 Å². The molecule has 1 aliphatic heterocycles. The normalized spacial score (nSPS) is 17.4. The van der Waals surface area contributed by atoms with Gasteiger partial charge in [-0.2, -0.15) is 0 Å². The van der Waals surface area contributed by atoms with E-state index in [1.54, 1.807) is 6.07 Å². The number of amides is 1. The summed E-state index contributed by atoms with van der Waals surface area (Å²) in [5.74, 6) is 0.647. The van der Waals surface area contributed by atoms with E-state index in [0.29, 0.717) is 40.8 Å². The van der Waals surface area contributed by atoms with Gasteiger partial charge in [0.05, 0.1) is 12.0 Å². The van der Waals surface area contributed by atoms with Crippen LogP contribution in [0.5, 0.6) is 5.75 Å². The van der Waals surface area contributed by atoms with E-state index in [2.05, 4.69) is 21.2 Å². The highest BCUT2D eigenvalue weighted by Crippen LogP contribution is 2.45. The summed E-state index contributed by atoms with van der Waals surface area (Å²) >= 11 is 3.44. The SMILES string of the molecule is Cc1c(C(=O)NCc2cccc(Br)c2)oc2ccc3c(c12)C(=O)CC1(CCCCC1)O3. The average molecular weight is 482 g/mol. The second-order valence-corrected chi connectivity index (χ2v) is 9.54. The van der Waals surface area contributed by atoms with Crippen LogP contribution in [-0.2, 0) is 6.54 Å². The van der Waals surface area contributed by atoms with Gasteiger partial charge in [0.25, 0.3) is 5.91 Å². The van der Waals surface area contributed by atoms with Crippen molar-refractivity contribution < 1.29 is 18.7 Å². The van der Waals surface area contributed by atoms with Crippen LogP contribution in [0.15, 0.2) is 45.3 Å². The van der Waals surface area contributed by atoms with E-state index < -0.39 is 0 Å². The van der Waals surface area contributed by atoms with E-state index in [0.717, 1.165) is 35.7 Å². The lowest BCUT2D eigenvalue weighted by molar-refractivity contribution is 0.0139. The molecule has 1 aliphatic carbocycles. The van der Waals surface area contributed by atoms with E-state index in [-0.39, 0.29) is 23.1 Å². The molecular formula is C25H24BrNO4. The fourth-order valence-electron chi connectivity index (χ4n) is 4.94. The molecule has 6 heteroatoms. The topological polar surface area (TPSA) is 68.5 Å². The number of nitrogens with one attached hydrogen (secondary N) is 1. The zero-order chi connectivity index (χ0) is 21.6. The molecule has 0 atom stereocenters. The first kappa shape index (κ1) is 20.3. The summed E-state index contributed by atoms with van der Waals surface area (Å²) in [6, 6.07) is 11.4. The van der Waals surface area contributed by atoms with Crippen LogP contribution in [-0.4, -0.2) is 17.3 Å².